The van der Waals surface area contributed by atoms with Crippen LogP contribution in [-0.4, -0.2) is 11.5 Å². The molecule has 0 aliphatic rings. The van der Waals surface area contributed by atoms with Gasteiger partial charge in [0.05, 0.1) is 10.6 Å². The van der Waals surface area contributed by atoms with Gasteiger partial charge in [0.25, 0.3) is 0 Å². The summed E-state index contributed by atoms with van der Waals surface area (Å²) in [6, 6.07) is 2.51. The van der Waals surface area contributed by atoms with Crippen LogP contribution in [0.5, 0.6) is 0 Å². The average molecular weight is 331 g/mol. The molecular weight excluding hydrogens is 316 g/mol. The molecule has 1 unspecified atom stereocenters. The Balaban J connectivity index is 2.30. The Bertz CT molecular complexity index is 504. The molecule has 2 rings (SSSR count). The molecule has 1 N–H and O–H groups in total. The Morgan fingerprint density at radius 1 is 1.53 bits per heavy atom. The zero-order chi connectivity index (χ0) is 12.4. The topological polar surface area (TPSA) is 24.9 Å². The molecule has 0 aromatic carbocycles. The number of aryl methyl sites for hydroxylation is 1. The van der Waals surface area contributed by atoms with Crippen LogP contribution in [0.1, 0.15) is 30.5 Å². The van der Waals surface area contributed by atoms with E-state index in [1.807, 2.05) is 0 Å². The van der Waals surface area contributed by atoms with E-state index in [-0.39, 0.29) is 0 Å². The van der Waals surface area contributed by atoms with E-state index >= 15 is 0 Å². The molecule has 17 heavy (non-hydrogen) atoms. The lowest BCUT2D eigenvalue weighted by Gasteiger charge is -2.09. The van der Waals surface area contributed by atoms with Gasteiger partial charge >= 0.3 is 0 Å². The highest BCUT2D eigenvalue weighted by Gasteiger charge is 2.15. The van der Waals surface area contributed by atoms with Gasteiger partial charge in [-0.1, -0.05) is 6.92 Å². The van der Waals surface area contributed by atoms with E-state index in [1.54, 1.807) is 22.7 Å². The molecule has 5 heteroatoms. The summed E-state index contributed by atoms with van der Waals surface area (Å²) in [6.07, 6.45) is 0. The predicted octanol–water partition coefficient (Wildman–Crippen LogP) is 4.61. The number of thiazole rings is 1. The Hall–Kier alpha value is -0.230. The molecule has 0 bridgehead atoms. The van der Waals surface area contributed by atoms with Crippen molar-refractivity contribution < 1.29 is 0 Å². The van der Waals surface area contributed by atoms with E-state index < -0.39 is 0 Å². The lowest BCUT2D eigenvalue weighted by atomic mass is 10.2. The van der Waals surface area contributed by atoms with Crippen LogP contribution in [0.2, 0.25) is 0 Å². The molecular formula is C12H15BrN2S2. The van der Waals surface area contributed by atoms with Crippen LogP contribution in [0.25, 0.3) is 9.88 Å². The lowest BCUT2D eigenvalue weighted by molar-refractivity contribution is 0.603. The van der Waals surface area contributed by atoms with Gasteiger partial charge in [0.1, 0.15) is 5.01 Å². The largest absolute Gasteiger partial charge is 0.310 e. The zero-order valence-corrected chi connectivity index (χ0v) is 13.3. The summed E-state index contributed by atoms with van der Waals surface area (Å²) in [5, 5.41) is 6.66. The van der Waals surface area contributed by atoms with Crippen LogP contribution in [0.15, 0.2) is 15.9 Å². The highest BCUT2D eigenvalue weighted by molar-refractivity contribution is 9.10. The van der Waals surface area contributed by atoms with E-state index in [0.29, 0.717) is 6.04 Å². The van der Waals surface area contributed by atoms with Crippen LogP contribution in [0.3, 0.4) is 0 Å². The Morgan fingerprint density at radius 2 is 2.29 bits per heavy atom. The summed E-state index contributed by atoms with van der Waals surface area (Å²) >= 11 is 7.00. The van der Waals surface area contributed by atoms with Gasteiger partial charge < -0.3 is 5.32 Å². The van der Waals surface area contributed by atoms with Crippen molar-refractivity contribution in [1.82, 2.24) is 10.3 Å². The summed E-state index contributed by atoms with van der Waals surface area (Å²) in [7, 11) is 0. The van der Waals surface area contributed by atoms with Gasteiger partial charge in [-0.3, -0.25) is 0 Å². The fraction of sp³-hybridized carbons (Fsp3) is 0.417. The van der Waals surface area contributed by atoms with Gasteiger partial charge in [-0.15, -0.1) is 22.7 Å². The minimum atomic E-state index is 0.384. The summed E-state index contributed by atoms with van der Waals surface area (Å²) in [4.78, 5) is 7.24. The molecule has 0 saturated carbocycles. The first-order valence-electron chi connectivity index (χ1n) is 5.57. The third-order valence-corrected chi connectivity index (χ3v) is 5.71. The van der Waals surface area contributed by atoms with Gasteiger partial charge in [-0.05, 0) is 42.4 Å². The number of nitrogens with zero attached hydrogens (tertiary/aromatic N) is 1. The summed E-state index contributed by atoms with van der Waals surface area (Å²) in [6.45, 7) is 7.40. The maximum Gasteiger partial charge on any atom is 0.133 e. The second-order valence-corrected chi connectivity index (χ2v) is 6.73. The van der Waals surface area contributed by atoms with Crippen LogP contribution in [0, 0.1) is 6.92 Å². The van der Waals surface area contributed by atoms with Gasteiger partial charge in [-0.2, -0.15) is 0 Å². The summed E-state index contributed by atoms with van der Waals surface area (Å²) in [5.41, 5.74) is 1.14. The molecule has 2 nitrogen and oxygen atoms in total. The fourth-order valence-electron chi connectivity index (χ4n) is 1.74. The number of halogens is 1. The monoisotopic (exact) mass is 330 g/mol. The normalized spacial score (nSPS) is 12.9. The van der Waals surface area contributed by atoms with Crippen LogP contribution in [-0.2, 0) is 0 Å². The standard InChI is InChI=1S/C12H15BrN2S2/c1-4-14-7(2)11-8(3)15-12(17-11)10-5-9(13)6-16-10/h5-7,14H,4H2,1-3H3. The summed E-state index contributed by atoms with van der Waals surface area (Å²) in [5.74, 6) is 0. The van der Waals surface area contributed by atoms with Gasteiger partial charge in [0, 0.05) is 20.8 Å². The van der Waals surface area contributed by atoms with E-state index in [2.05, 4.69) is 58.4 Å². The first-order chi connectivity index (χ1) is 8.11. The molecule has 0 spiro atoms. The van der Waals surface area contributed by atoms with Crippen molar-refractivity contribution >= 4 is 38.6 Å². The van der Waals surface area contributed by atoms with Crippen molar-refractivity contribution in [3.63, 3.8) is 0 Å². The molecule has 0 aliphatic carbocycles. The highest BCUT2D eigenvalue weighted by atomic mass is 79.9. The Kier molecular flexibility index (Phi) is 4.36. The highest BCUT2D eigenvalue weighted by Crippen LogP contribution is 2.36. The maximum absolute atomic E-state index is 4.67. The molecule has 1 atom stereocenters. The molecule has 2 heterocycles. The molecule has 0 aliphatic heterocycles. The minimum absolute atomic E-state index is 0.384. The first kappa shape index (κ1) is 13.2. The molecule has 0 saturated heterocycles. The predicted molar refractivity (Wildman–Crippen MR) is 80.0 cm³/mol. The molecule has 2 aromatic rings. The SMILES string of the molecule is CCNC(C)c1sc(-c2cc(Br)cs2)nc1C. The van der Waals surface area contributed by atoms with Gasteiger partial charge in [0.2, 0.25) is 0 Å². The lowest BCUT2D eigenvalue weighted by Crippen LogP contribution is -2.17. The van der Waals surface area contributed by atoms with Crippen LogP contribution < -0.4 is 5.32 Å². The zero-order valence-electron chi connectivity index (χ0n) is 10.1. The third kappa shape index (κ3) is 2.96. The maximum atomic E-state index is 4.67. The Labute approximate surface area is 118 Å². The third-order valence-electron chi connectivity index (χ3n) is 2.51. The van der Waals surface area contributed by atoms with E-state index in [1.165, 1.54) is 9.75 Å². The quantitative estimate of drug-likeness (QED) is 0.885. The van der Waals surface area contributed by atoms with Crippen molar-refractivity contribution in [1.29, 1.82) is 0 Å². The number of hydrogen-bond acceptors (Lipinski definition) is 4. The molecule has 0 radical (unpaired) electrons. The van der Waals surface area contributed by atoms with Crippen molar-refractivity contribution in [3.8, 4) is 9.88 Å². The van der Waals surface area contributed by atoms with Crippen molar-refractivity contribution in [2.45, 2.75) is 26.8 Å². The molecule has 0 amide bonds. The molecule has 92 valence electrons. The van der Waals surface area contributed by atoms with Crippen LogP contribution >= 0.6 is 38.6 Å². The number of aromatic nitrogens is 1. The number of rotatable bonds is 4. The average Bonchev–Trinajstić information content (AvgIpc) is 2.85. The smallest absolute Gasteiger partial charge is 0.133 e. The fourth-order valence-corrected chi connectivity index (χ4v) is 4.32. The number of thiophene rings is 1. The van der Waals surface area contributed by atoms with Crippen LogP contribution in [0.4, 0.5) is 0 Å². The van der Waals surface area contributed by atoms with Crippen molar-refractivity contribution in [3.05, 3.63) is 26.5 Å². The van der Waals surface area contributed by atoms with Gasteiger partial charge in [0.15, 0.2) is 0 Å². The van der Waals surface area contributed by atoms with Gasteiger partial charge in [-0.25, -0.2) is 4.98 Å². The van der Waals surface area contributed by atoms with Crippen molar-refractivity contribution in [2.75, 3.05) is 6.54 Å². The van der Waals surface area contributed by atoms with Crippen molar-refractivity contribution in [2.24, 2.45) is 0 Å². The first-order valence-corrected chi connectivity index (χ1v) is 8.05. The van der Waals surface area contributed by atoms with E-state index in [9.17, 15) is 0 Å². The molecule has 2 aromatic heterocycles. The second kappa shape index (κ2) is 5.61. The minimum Gasteiger partial charge on any atom is -0.310 e. The summed E-state index contributed by atoms with van der Waals surface area (Å²) < 4.78 is 1.13. The second-order valence-electron chi connectivity index (χ2n) is 3.88. The number of hydrogen-bond donors (Lipinski definition) is 1. The number of nitrogens with one attached hydrogen (secondary N) is 1. The Morgan fingerprint density at radius 3 is 2.88 bits per heavy atom. The molecule has 0 fully saturated rings. The van der Waals surface area contributed by atoms with E-state index in [0.717, 1.165) is 21.7 Å². The van der Waals surface area contributed by atoms with E-state index in [4.69, 9.17) is 0 Å².